The number of unbranched alkanes of at least 4 members (excludes halogenated alkanes) is 1. The minimum atomic E-state index is -0.545. The van der Waals surface area contributed by atoms with Crippen LogP contribution in [0.4, 0.5) is 5.69 Å². The van der Waals surface area contributed by atoms with Crippen molar-refractivity contribution in [2.75, 3.05) is 25.1 Å². The second-order valence-electron chi connectivity index (χ2n) is 4.96. The first-order valence-electron chi connectivity index (χ1n) is 7.25. The summed E-state index contributed by atoms with van der Waals surface area (Å²) in [5.74, 6) is 0. The summed E-state index contributed by atoms with van der Waals surface area (Å²) in [6.07, 6.45) is 3.30. The second-order valence-corrected chi connectivity index (χ2v) is 5.36. The number of aliphatic hydroxyl groups excluding tert-OH is 1. The predicted molar refractivity (Wildman–Crippen MR) is 87.0 cm³/mol. The van der Waals surface area contributed by atoms with Crippen molar-refractivity contribution in [1.82, 2.24) is 4.98 Å². The van der Waals surface area contributed by atoms with E-state index in [4.69, 9.17) is 16.3 Å². The number of hydrogen-bond donors (Lipinski definition) is 2. The quantitative estimate of drug-likeness (QED) is 0.733. The van der Waals surface area contributed by atoms with Crippen LogP contribution in [0.1, 0.15) is 19.8 Å². The minimum absolute atomic E-state index is 0.339. The zero-order chi connectivity index (χ0) is 15.1. The summed E-state index contributed by atoms with van der Waals surface area (Å²) in [6, 6.07) is 7.49. The van der Waals surface area contributed by atoms with Crippen molar-refractivity contribution in [2.24, 2.45) is 0 Å². The molecular weight excluding hydrogens is 288 g/mol. The Morgan fingerprint density at radius 3 is 3.05 bits per heavy atom. The highest BCUT2D eigenvalue weighted by Gasteiger charge is 2.08. The van der Waals surface area contributed by atoms with Gasteiger partial charge in [0.05, 0.1) is 28.9 Å². The number of anilines is 1. The van der Waals surface area contributed by atoms with Crippen LogP contribution in [0.25, 0.3) is 10.9 Å². The largest absolute Gasteiger partial charge is 0.389 e. The summed E-state index contributed by atoms with van der Waals surface area (Å²) >= 11 is 6.15. The van der Waals surface area contributed by atoms with Crippen LogP contribution >= 0.6 is 11.6 Å². The minimum Gasteiger partial charge on any atom is -0.389 e. The maximum atomic E-state index is 9.90. The molecule has 0 spiro atoms. The lowest BCUT2D eigenvalue weighted by molar-refractivity contribution is 0.0422. The Morgan fingerprint density at radius 2 is 2.24 bits per heavy atom. The van der Waals surface area contributed by atoms with Crippen molar-refractivity contribution in [3.63, 3.8) is 0 Å². The van der Waals surface area contributed by atoms with Gasteiger partial charge in [-0.2, -0.15) is 0 Å². The molecule has 21 heavy (non-hydrogen) atoms. The molecule has 0 saturated carbocycles. The summed E-state index contributed by atoms with van der Waals surface area (Å²) in [7, 11) is 0. The molecule has 0 radical (unpaired) electrons. The van der Waals surface area contributed by atoms with E-state index in [1.54, 1.807) is 6.20 Å². The Morgan fingerprint density at radius 1 is 1.38 bits per heavy atom. The molecule has 2 N–H and O–H groups in total. The smallest absolute Gasteiger partial charge is 0.0948 e. The highest BCUT2D eigenvalue weighted by molar-refractivity contribution is 6.35. The van der Waals surface area contributed by atoms with Crippen LogP contribution in [0.5, 0.6) is 0 Å². The molecule has 0 bridgehead atoms. The van der Waals surface area contributed by atoms with Crippen LogP contribution in [0.15, 0.2) is 30.5 Å². The lowest BCUT2D eigenvalue weighted by Gasteiger charge is -2.14. The van der Waals surface area contributed by atoms with Gasteiger partial charge in [-0.3, -0.25) is 4.98 Å². The first-order valence-corrected chi connectivity index (χ1v) is 7.63. The molecule has 1 atom stereocenters. The van der Waals surface area contributed by atoms with E-state index in [9.17, 15) is 5.11 Å². The van der Waals surface area contributed by atoms with Crippen molar-refractivity contribution < 1.29 is 9.84 Å². The maximum Gasteiger partial charge on any atom is 0.0948 e. The fourth-order valence-corrected chi connectivity index (χ4v) is 2.25. The van der Waals surface area contributed by atoms with Crippen LogP contribution < -0.4 is 5.32 Å². The molecular formula is C16H21ClN2O2. The summed E-state index contributed by atoms with van der Waals surface area (Å²) in [6.45, 7) is 3.56. The number of fused-ring (bicyclic) bond motifs is 1. The summed E-state index contributed by atoms with van der Waals surface area (Å²) in [5, 5.41) is 14.7. The third-order valence-corrected chi connectivity index (χ3v) is 3.53. The zero-order valence-corrected chi connectivity index (χ0v) is 12.9. The SMILES string of the molecule is CCCCOCC(O)CNc1ccc(Cl)c2cccnc12. The van der Waals surface area contributed by atoms with Crippen molar-refractivity contribution in [3.05, 3.63) is 35.5 Å². The Labute approximate surface area is 130 Å². The first-order chi connectivity index (χ1) is 10.2. The average Bonchev–Trinajstić information content (AvgIpc) is 2.51. The Balaban J connectivity index is 1.93. The van der Waals surface area contributed by atoms with Crippen molar-refractivity contribution in [3.8, 4) is 0 Å². The molecule has 0 aliphatic rings. The number of aromatic nitrogens is 1. The molecule has 0 amide bonds. The fourth-order valence-electron chi connectivity index (χ4n) is 2.03. The third-order valence-electron chi connectivity index (χ3n) is 3.20. The highest BCUT2D eigenvalue weighted by Crippen LogP contribution is 2.27. The molecule has 2 rings (SSSR count). The van der Waals surface area contributed by atoms with E-state index in [0.29, 0.717) is 24.8 Å². The predicted octanol–water partition coefficient (Wildman–Crippen LogP) is 3.48. The van der Waals surface area contributed by atoms with Gasteiger partial charge in [0, 0.05) is 24.7 Å². The van der Waals surface area contributed by atoms with E-state index in [-0.39, 0.29) is 0 Å². The van der Waals surface area contributed by atoms with Gasteiger partial charge < -0.3 is 15.2 Å². The van der Waals surface area contributed by atoms with Gasteiger partial charge in [-0.25, -0.2) is 0 Å². The topological polar surface area (TPSA) is 54.4 Å². The summed E-state index contributed by atoms with van der Waals surface area (Å²) in [4.78, 5) is 4.35. The number of ether oxygens (including phenoxy) is 1. The fraction of sp³-hybridized carbons (Fsp3) is 0.438. The van der Waals surface area contributed by atoms with Crippen LogP contribution in [0, 0.1) is 0 Å². The van der Waals surface area contributed by atoms with Crippen LogP contribution in [0.3, 0.4) is 0 Å². The molecule has 1 aromatic heterocycles. The molecule has 114 valence electrons. The molecule has 4 nitrogen and oxygen atoms in total. The molecule has 1 unspecified atom stereocenters. The van der Waals surface area contributed by atoms with Gasteiger partial charge in [0.1, 0.15) is 0 Å². The van der Waals surface area contributed by atoms with Gasteiger partial charge in [-0.05, 0) is 30.7 Å². The van der Waals surface area contributed by atoms with Gasteiger partial charge in [-0.15, -0.1) is 0 Å². The Bertz CT molecular complexity index is 577. The number of benzene rings is 1. The van der Waals surface area contributed by atoms with Gasteiger partial charge in [-0.1, -0.05) is 24.9 Å². The third kappa shape index (κ3) is 4.56. The summed E-state index contributed by atoms with van der Waals surface area (Å²) in [5.41, 5.74) is 1.67. The molecule has 0 aliphatic carbocycles. The number of halogens is 1. The van der Waals surface area contributed by atoms with Crippen LogP contribution in [-0.2, 0) is 4.74 Å². The average molecular weight is 309 g/mol. The highest BCUT2D eigenvalue weighted by atomic mass is 35.5. The number of hydrogen-bond acceptors (Lipinski definition) is 4. The molecule has 0 saturated heterocycles. The van der Waals surface area contributed by atoms with Gasteiger partial charge in [0.2, 0.25) is 0 Å². The summed E-state index contributed by atoms with van der Waals surface area (Å²) < 4.78 is 5.40. The molecule has 5 heteroatoms. The van der Waals surface area contributed by atoms with Gasteiger partial charge in [0.15, 0.2) is 0 Å². The van der Waals surface area contributed by atoms with E-state index >= 15 is 0 Å². The van der Waals surface area contributed by atoms with Crippen molar-refractivity contribution in [1.29, 1.82) is 0 Å². The zero-order valence-electron chi connectivity index (χ0n) is 12.2. The van der Waals surface area contributed by atoms with Gasteiger partial charge >= 0.3 is 0 Å². The van der Waals surface area contributed by atoms with E-state index < -0.39 is 6.10 Å². The normalized spacial score (nSPS) is 12.5. The Kier molecular flexibility index (Phi) is 6.23. The lowest BCUT2D eigenvalue weighted by Crippen LogP contribution is -2.25. The van der Waals surface area contributed by atoms with Crippen LogP contribution in [-0.4, -0.2) is 36.0 Å². The van der Waals surface area contributed by atoms with E-state index in [2.05, 4.69) is 17.2 Å². The van der Waals surface area contributed by atoms with E-state index in [0.717, 1.165) is 29.4 Å². The second kappa shape index (κ2) is 8.17. The Hall–Kier alpha value is -1.36. The number of nitrogens with one attached hydrogen (secondary N) is 1. The molecule has 0 aliphatic heterocycles. The van der Waals surface area contributed by atoms with E-state index in [1.165, 1.54) is 0 Å². The maximum absolute atomic E-state index is 9.90. The molecule has 1 heterocycles. The monoisotopic (exact) mass is 308 g/mol. The van der Waals surface area contributed by atoms with Crippen molar-refractivity contribution >= 4 is 28.2 Å². The number of pyridine rings is 1. The number of rotatable bonds is 8. The molecule has 0 fully saturated rings. The van der Waals surface area contributed by atoms with Gasteiger partial charge in [0.25, 0.3) is 0 Å². The van der Waals surface area contributed by atoms with E-state index in [1.807, 2.05) is 24.3 Å². The number of nitrogens with zero attached hydrogens (tertiary/aromatic N) is 1. The molecule has 1 aromatic carbocycles. The van der Waals surface area contributed by atoms with Crippen molar-refractivity contribution in [2.45, 2.75) is 25.9 Å². The first kappa shape index (κ1) is 16.0. The van der Waals surface area contributed by atoms with Crippen LogP contribution in [0.2, 0.25) is 5.02 Å². The standard InChI is InChI=1S/C16H21ClN2O2/c1-2-3-9-21-11-12(20)10-19-15-7-6-14(17)13-5-4-8-18-16(13)15/h4-8,12,19-20H,2-3,9-11H2,1H3. The number of aliphatic hydroxyl groups is 1. The molecule has 2 aromatic rings. The lowest BCUT2D eigenvalue weighted by atomic mass is 10.2.